The van der Waals surface area contributed by atoms with E-state index in [-0.39, 0.29) is 0 Å². The third kappa shape index (κ3) is 3.46. The molecule has 4 aromatic rings. The molecule has 3 aromatic carbocycles. The maximum absolute atomic E-state index is 10.2. The number of hydrogen-bond acceptors (Lipinski definition) is 3. The Balaban J connectivity index is 1.65. The van der Waals surface area contributed by atoms with E-state index in [1.54, 1.807) is 21.3 Å². The molecule has 0 saturated heterocycles. The molecule has 3 nitrogen and oxygen atoms in total. The molecule has 141 valence electrons. The SMILES string of the molecule is CC(C)(O)C(C)(C)O[B]c1ccc2c(c1)oc1cc(-c3ccccc3)ccc12. The lowest BCUT2D eigenvalue weighted by molar-refractivity contribution is -0.0893. The van der Waals surface area contributed by atoms with Crippen molar-refractivity contribution in [3.05, 3.63) is 66.7 Å². The number of hydrogen-bond donors (Lipinski definition) is 1. The van der Waals surface area contributed by atoms with Gasteiger partial charge in [0.25, 0.3) is 0 Å². The lowest BCUT2D eigenvalue weighted by Gasteiger charge is -2.37. The van der Waals surface area contributed by atoms with Crippen LogP contribution in [0.5, 0.6) is 0 Å². The van der Waals surface area contributed by atoms with Gasteiger partial charge in [0.1, 0.15) is 11.2 Å². The van der Waals surface area contributed by atoms with Crippen LogP contribution in [0.25, 0.3) is 33.1 Å². The Hall–Kier alpha value is -2.56. The molecule has 4 heteroatoms. The summed E-state index contributed by atoms with van der Waals surface area (Å²) >= 11 is 0. The predicted octanol–water partition coefficient (Wildman–Crippen LogP) is 5.06. The zero-order valence-electron chi connectivity index (χ0n) is 16.7. The average molecular weight is 371 g/mol. The summed E-state index contributed by atoms with van der Waals surface area (Å²) in [5.74, 6) is 0. The van der Waals surface area contributed by atoms with Crippen LogP contribution >= 0.6 is 0 Å². The van der Waals surface area contributed by atoms with Gasteiger partial charge in [-0.05, 0) is 62.5 Å². The minimum Gasteiger partial charge on any atom is -0.456 e. The zero-order chi connectivity index (χ0) is 19.9. The Morgan fingerprint density at radius 2 is 1.43 bits per heavy atom. The molecule has 0 spiro atoms. The topological polar surface area (TPSA) is 42.6 Å². The minimum atomic E-state index is -0.958. The van der Waals surface area contributed by atoms with Gasteiger partial charge in [-0.3, -0.25) is 0 Å². The zero-order valence-corrected chi connectivity index (χ0v) is 16.7. The van der Waals surface area contributed by atoms with Crippen LogP contribution in [0.3, 0.4) is 0 Å². The van der Waals surface area contributed by atoms with Gasteiger partial charge >= 0.3 is 7.48 Å². The summed E-state index contributed by atoms with van der Waals surface area (Å²) in [4.78, 5) is 0. The maximum atomic E-state index is 10.2. The number of aliphatic hydroxyl groups is 1. The normalized spacial score (nSPS) is 12.6. The van der Waals surface area contributed by atoms with Gasteiger partial charge in [0.05, 0.1) is 11.2 Å². The number of furan rings is 1. The van der Waals surface area contributed by atoms with E-state index < -0.39 is 11.2 Å². The van der Waals surface area contributed by atoms with Gasteiger partial charge in [0.15, 0.2) is 0 Å². The predicted molar refractivity (Wildman–Crippen MR) is 116 cm³/mol. The van der Waals surface area contributed by atoms with Gasteiger partial charge in [-0.15, -0.1) is 0 Å². The van der Waals surface area contributed by atoms with Crippen LogP contribution in [0.15, 0.2) is 71.1 Å². The first kappa shape index (κ1) is 18.8. The molecule has 1 heterocycles. The highest BCUT2D eigenvalue weighted by atomic mass is 16.5. The van der Waals surface area contributed by atoms with Crippen LogP contribution in [0.1, 0.15) is 27.7 Å². The van der Waals surface area contributed by atoms with E-state index in [4.69, 9.17) is 9.07 Å². The third-order valence-corrected chi connectivity index (χ3v) is 5.57. The van der Waals surface area contributed by atoms with Crippen molar-refractivity contribution in [1.29, 1.82) is 0 Å². The van der Waals surface area contributed by atoms with E-state index >= 15 is 0 Å². The molecule has 0 saturated carbocycles. The molecule has 28 heavy (non-hydrogen) atoms. The third-order valence-electron chi connectivity index (χ3n) is 5.57. The molecular formula is C24H24BO3. The van der Waals surface area contributed by atoms with E-state index in [1.165, 1.54) is 5.56 Å². The van der Waals surface area contributed by atoms with Crippen molar-refractivity contribution in [2.75, 3.05) is 0 Å². The van der Waals surface area contributed by atoms with E-state index in [0.29, 0.717) is 0 Å². The van der Waals surface area contributed by atoms with Crippen LogP contribution in [0.2, 0.25) is 0 Å². The molecule has 0 fully saturated rings. The van der Waals surface area contributed by atoms with Gasteiger partial charge in [-0.1, -0.05) is 48.5 Å². The summed E-state index contributed by atoms with van der Waals surface area (Å²) in [5.41, 5.74) is 3.22. The highest BCUT2D eigenvalue weighted by Gasteiger charge is 2.35. The summed E-state index contributed by atoms with van der Waals surface area (Å²) in [7, 11) is 1.68. The van der Waals surface area contributed by atoms with Gasteiger partial charge in [-0.25, -0.2) is 0 Å². The second-order valence-electron chi connectivity index (χ2n) is 8.24. The van der Waals surface area contributed by atoms with Gasteiger partial charge in [-0.2, -0.15) is 0 Å². The van der Waals surface area contributed by atoms with E-state index in [9.17, 15) is 5.11 Å². The van der Waals surface area contributed by atoms with E-state index in [2.05, 4.69) is 36.4 Å². The molecule has 0 bridgehead atoms. The Labute approximate surface area is 166 Å². The van der Waals surface area contributed by atoms with Crippen LogP contribution in [-0.2, 0) is 4.65 Å². The number of rotatable bonds is 5. The number of fused-ring (bicyclic) bond motifs is 3. The monoisotopic (exact) mass is 371 g/mol. The quantitative estimate of drug-likeness (QED) is 0.499. The Kier molecular flexibility index (Phi) is 4.57. The van der Waals surface area contributed by atoms with Crippen molar-refractivity contribution in [3.63, 3.8) is 0 Å². The smallest absolute Gasteiger partial charge is 0.331 e. The summed E-state index contributed by atoms with van der Waals surface area (Å²) in [6, 6.07) is 22.6. The molecule has 4 rings (SSSR count). The largest absolute Gasteiger partial charge is 0.456 e. The molecule has 1 aromatic heterocycles. The lowest BCUT2D eigenvalue weighted by Crippen LogP contribution is -2.49. The Bertz CT molecular complexity index is 1120. The Morgan fingerprint density at radius 1 is 0.786 bits per heavy atom. The summed E-state index contributed by atoms with van der Waals surface area (Å²) in [6.45, 7) is 7.23. The lowest BCUT2D eigenvalue weighted by atomic mass is 9.82. The minimum absolute atomic E-state index is 0.708. The molecule has 1 radical (unpaired) electrons. The van der Waals surface area contributed by atoms with Crippen molar-refractivity contribution < 1.29 is 14.2 Å². The van der Waals surface area contributed by atoms with E-state index in [1.807, 2.05) is 44.2 Å². The first-order valence-corrected chi connectivity index (χ1v) is 9.50. The van der Waals surface area contributed by atoms with Crippen molar-refractivity contribution in [2.45, 2.75) is 38.9 Å². The van der Waals surface area contributed by atoms with Gasteiger partial charge < -0.3 is 14.2 Å². The molecule has 0 unspecified atom stereocenters. The van der Waals surface area contributed by atoms with Crippen molar-refractivity contribution in [2.24, 2.45) is 0 Å². The highest BCUT2D eigenvalue weighted by molar-refractivity contribution is 6.47. The standard InChI is InChI=1S/C24H24BO3/c1-23(2,26)24(3,4)28-25-18-11-13-20-19-12-10-17(16-8-6-5-7-9-16)14-21(19)27-22(20)15-18/h5-15,26H,1-4H3. The van der Waals surface area contributed by atoms with Crippen LogP contribution in [-0.4, -0.2) is 23.8 Å². The van der Waals surface area contributed by atoms with Crippen molar-refractivity contribution in [1.82, 2.24) is 0 Å². The fourth-order valence-corrected chi connectivity index (χ4v) is 3.04. The molecule has 0 aliphatic heterocycles. The van der Waals surface area contributed by atoms with Crippen LogP contribution in [0.4, 0.5) is 0 Å². The average Bonchev–Trinajstić information content (AvgIpc) is 3.03. The molecule has 0 atom stereocenters. The first-order valence-electron chi connectivity index (χ1n) is 9.50. The van der Waals surface area contributed by atoms with Crippen LogP contribution in [0, 0.1) is 0 Å². The van der Waals surface area contributed by atoms with E-state index in [0.717, 1.165) is 33.0 Å². The fraction of sp³-hybridized carbons (Fsp3) is 0.250. The van der Waals surface area contributed by atoms with Gasteiger partial charge in [0, 0.05) is 10.8 Å². The van der Waals surface area contributed by atoms with Crippen molar-refractivity contribution >= 4 is 34.9 Å². The van der Waals surface area contributed by atoms with Crippen molar-refractivity contribution in [3.8, 4) is 11.1 Å². The maximum Gasteiger partial charge on any atom is 0.331 e. The second-order valence-corrected chi connectivity index (χ2v) is 8.24. The summed E-state index contributed by atoms with van der Waals surface area (Å²) in [5, 5.41) is 12.4. The molecule has 1 N–H and O–H groups in total. The Morgan fingerprint density at radius 3 is 2.11 bits per heavy atom. The first-order chi connectivity index (χ1) is 13.2. The van der Waals surface area contributed by atoms with Gasteiger partial charge in [0.2, 0.25) is 0 Å². The highest BCUT2D eigenvalue weighted by Crippen LogP contribution is 2.32. The van der Waals surface area contributed by atoms with Crippen LogP contribution < -0.4 is 5.46 Å². The molecule has 0 aliphatic rings. The molecule has 0 aliphatic carbocycles. The second kappa shape index (κ2) is 6.80. The molecular weight excluding hydrogens is 347 g/mol. The number of benzene rings is 3. The molecule has 0 amide bonds. The summed E-state index contributed by atoms with van der Waals surface area (Å²) < 4.78 is 12.0. The summed E-state index contributed by atoms with van der Waals surface area (Å²) in [6.07, 6.45) is 0. The fourth-order valence-electron chi connectivity index (χ4n) is 3.04.